The van der Waals surface area contributed by atoms with E-state index in [1.165, 1.54) is 0 Å². The molecule has 0 heterocycles. The van der Waals surface area contributed by atoms with Crippen LogP contribution in [0, 0.1) is 0 Å². The van der Waals surface area contributed by atoms with Crippen LogP contribution in [0.25, 0.3) is 0 Å². The number of hydrogen-bond donors (Lipinski definition) is 0. The second-order valence-electron chi connectivity index (χ2n) is 5.94. The zero-order valence-electron chi connectivity index (χ0n) is 17.3. The molecule has 0 aliphatic heterocycles. The lowest BCUT2D eigenvalue weighted by molar-refractivity contribution is -0.138. The number of carbonyl (C=O) groups excluding carboxylic acids is 1. The highest BCUT2D eigenvalue weighted by Gasteiger charge is 2.01. The van der Waals surface area contributed by atoms with Crippen molar-refractivity contribution in [1.82, 2.24) is 0 Å². The van der Waals surface area contributed by atoms with Crippen molar-refractivity contribution in [2.75, 3.05) is 6.61 Å². The van der Waals surface area contributed by atoms with Crippen molar-refractivity contribution in [2.45, 2.75) is 59.3 Å². The second kappa shape index (κ2) is 20.0. The van der Waals surface area contributed by atoms with Crippen molar-refractivity contribution < 1.29 is 9.53 Å². The Balaban J connectivity index is 3.74. The molecule has 0 radical (unpaired) electrons. The summed E-state index contributed by atoms with van der Waals surface area (Å²) >= 11 is 0. The molecule has 0 rings (SSSR count). The zero-order valence-corrected chi connectivity index (χ0v) is 17.3. The predicted molar refractivity (Wildman–Crippen MR) is 119 cm³/mol. The summed E-state index contributed by atoms with van der Waals surface area (Å²) in [7, 11) is 0. The summed E-state index contributed by atoms with van der Waals surface area (Å²) < 4.78 is 4.92. The molecule has 0 amide bonds. The first-order chi connectivity index (χ1) is 13.2. The predicted octanol–water partition coefficient (Wildman–Crippen LogP) is 7.19. The summed E-state index contributed by atoms with van der Waals surface area (Å²) in [6.07, 6.45) is 33.5. The maximum atomic E-state index is 11.4. The average Bonchev–Trinajstić information content (AvgIpc) is 2.67. The smallest absolute Gasteiger partial charge is 0.333 e. The van der Waals surface area contributed by atoms with E-state index >= 15 is 0 Å². The van der Waals surface area contributed by atoms with Gasteiger partial charge in [-0.2, -0.15) is 0 Å². The number of allylic oxidation sites excluding steroid dienone is 13. The van der Waals surface area contributed by atoms with Crippen molar-refractivity contribution in [3.63, 3.8) is 0 Å². The van der Waals surface area contributed by atoms with Crippen LogP contribution in [0.15, 0.2) is 84.6 Å². The number of rotatable bonds is 14. The zero-order chi connectivity index (χ0) is 20.0. The van der Waals surface area contributed by atoms with Crippen LogP contribution in [-0.4, -0.2) is 12.6 Å². The van der Waals surface area contributed by atoms with Crippen molar-refractivity contribution in [3.05, 3.63) is 84.6 Å². The minimum absolute atomic E-state index is 0.253. The summed E-state index contributed by atoms with van der Waals surface area (Å²) in [5, 5.41) is 0. The highest BCUT2D eigenvalue weighted by Crippen LogP contribution is 1.99. The molecule has 0 N–H and O–H groups in total. The van der Waals surface area contributed by atoms with E-state index < -0.39 is 0 Å². The molecule has 0 aromatic heterocycles. The molecule has 0 aromatic carbocycles. The van der Waals surface area contributed by atoms with Gasteiger partial charge in [0.25, 0.3) is 0 Å². The van der Waals surface area contributed by atoms with Gasteiger partial charge in [-0.15, -0.1) is 0 Å². The Labute approximate surface area is 166 Å². The van der Waals surface area contributed by atoms with Gasteiger partial charge in [0.15, 0.2) is 0 Å². The molecule has 0 aliphatic rings. The Kier molecular flexibility index (Phi) is 18.2. The number of ether oxygens (including phenoxy) is 1. The standard InChI is InChI=1S/C25H36O2/c1-4-6-7-8-9-10-11-12-13-14-15-16-17-18-19-20-21-22-23-24(3)25(26)27-5-2/h6-7,9-10,12-13,15-16,18-19,21-23H,4-5,8,11,14,17,20H2,1-3H3/b7-6-,10-9-,13-12-,16-15-,19-18-,22-21+,24-23+. The van der Waals surface area contributed by atoms with Crippen molar-refractivity contribution in [3.8, 4) is 0 Å². The fraction of sp³-hybridized carbons (Fsp3) is 0.400. The van der Waals surface area contributed by atoms with Gasteiger partial charge in [0.2, 0.25) is 0 Å². The summed E-state index contributed by atoms with van der Waals surface area (Å²) in [4.78, 5) is 11.4. The van der Waals surface area contributed by atoms with Crippen LogP contribution in [0.5, 0.6) is 0 Å². The van der Waals surface area contributed by atoms with E-state index in [1.807, 2.05) is 19.1 Å². The SMILES string of the molecule is CC/C=C\C/C=C\C/C=C\C/C=C\C/C=C\C/C=C/C=C(\C)C(=O)OCC. The van der Waals surface area contributed by atoms with Gasteiger partial charge in [0, 0.05) is 5.57 Å². The van der Waals surface area contributed by atoms with E-state index in [4.69, 9.17) is 4.74 Å². The second-order valence-corrected chi connectivity index (χ2v) is 5.94. The van der Waals surface area contributed by atoms with Crippen molar-refractivity contribution in [2.24, 2.45) is 0 Å². The minimum Gasteiger partial charge on any atom is -0.463 e. The topological polar surface area (TPSA) is 26.3 Å². The summed E-state index contributed by atoms with van der Waals surface area (Å²) in [6.45, 7) is 6.13. The first-order valence-corrected chi connectivity index (χ1v) is 9.97. The molecule has 148 valence electrons. The lowest BCUT2D eigenvalue weighted by Crippen LogP contribution is -2.04. The number of esters is 1. The van der Waals surface area contributed by atoms with Crippen LogP contribution in [0.4, 0.5) is 0 Å². The van der Waals surface area contributed by atoms with Crippen LogP contribution in [0.1, 0.15) is 59.3 Å². The minimum atomic E-state index is -0.253. The van der Waals surface area contributed by atoms with E-state index in [0.29, 0.717) is 12.2 Å². The van der Waals surface area contributed by atoms with E-state index in [2.05, 4.69) is 67.7 Å². The Morgan fingerprint density at radius 3 is 1.48 bits per heavy atom. The van der Waals surface area contributed by atoms with Crippen LogP contribution in [0.2, 0.25) is 0 Å². The molecule has 0 fully saturated rings. The maximum absolute atomic E-state index is 11.4. The average molecular weight is 369 g/mol. The first kappa shape index (κ1) is 24.7. The molecule has 2 nitrogen and oxygen atoms in total. The molecule has 0 aliphatic carbocycles. The van der Waals surface area contributed by atoms with Gasteiger partial charge >= 0.3 is 5.97 Å². The van der Waals surface area contributed by atoms with E-state index in [0.717, 1.165) is 38.5 Å². The lowest BCUT2D eigenvalue weighted by atomic mass is 10.2. The Bertz CT molecular complexity index is 569. The molecule has 0 atom stereocenters. The molecular weight excluding hydrogens is 332 g/mol. The quantitative estimate of drug-likeness (QED) is 0.140. The van der Waals surface area contributed by atoms with Gasteiger partial charge in [-0.25, -0.2) is 4.79 Å². The fourth-order valence-electron chi connectivity index (χ4n) is 2.03. The summed E-state index contributed by atoms with van der Waals surface area (Å²) in [5.74, 6) is -0.253. The van der Waals surface area contributed by atoms with Crippen molar-refractivity contribution >= 4 is 5.97 Å². The lowest BCUT2D eigenvalue weighted by Gasteiger charge is -1.99. The van der Waals surface area contributed by atoms with Crippen LogP contribution in [0.3, 0.4) is 0 Å². The van der Waals surface area contributed by atoms with Gasteiger partial charge in [-0.1, -0.05) is 85.9 Å². The third-order valence-corrected chi connectivity index (χ3v) is 3.51. The first-order valence-electron chi connectivity index (χ1n) is 9.97. The van der Waals surface area contributed by atoms with Gasteiger partial charge in [0.1, 0.15) is 0 Å². The Morgan fingerprint density at radius 1 is 0.667 bits per heavy atom. The maximum Gasteiger partial charge on any atom is 0.333 e. The third kappa shape index (κ3) is 18.2. The van der Waals surface area contributed by atoms with Gasteiger partial charge in [-0.3, -0.25) is 0 Å². The molecule has 0 unspecified atom stereocenters. The fourth-order valence-corrected chi connectivity index (χ4v) is 2.03. The molecule has 2 heteroatoms. The Morgan fingerprint density at radius 2 is 1.07 bits per heavy atom. The highest BCUT2D eigenvalue weighted by atomic mass is 16.5. The normalized spacial score (nSPS) is 13.5. The van der Waals surface area contributed by atoms with E-state index in [-0.39, 0.29) is 5.97 Å². The molecule has 0 spiro atoms. The monoisotopic (exact) mass is 368 g/mol. The van der Waals surface area contributed by atoms with Gasteiger partial charge in [-0.05, 0) is 52.4 Å². The van der Waals surface area contributed by atoms with E-state index in [9.17, 15) is 4.79 Å². The number of hydrogen-bond acceptors (Lipinski definition) is 2. The van der Waals surface area contributed by atoms with Gasteiger partial charge < -0.3 is 4.74 Å². The molecule has 0 bridgehead atoms. The highest BCUT2D eigenvalue weighted by molar-refractivity contribution is 5.88. The Hall–Kier alpha value is -2.35. The molecule has 0 saturated heterocycles. The third-order valence-electron chi connectivity index (χ3n) is 3.51. The molecule has 27 heavy (non-hydrogen) atoms. The molecular formula is C25H36O2. The largest absolute Gasteiger partial charge is 0.463 e. The van der Waals surface area contributed by atoms with Crippen molar-refractivity contribution in [1.29, 1.82) is 0 Å². The van der Waals surface area contributed by atoms with Crippen LogP contribution >= 0.6 is 0 Å². The number of carbonyl (C=O) groups is 1. The molecule has 0 aromatic rings. The molecule has 0 saturated carbocycles. The van der Waals surface area contributed by atoms with E-state index in [1.54, 1.807) is 13.0 Å². The van der Waals surface area contributed by atoms with Crippen LogP contribution in [-0.2, 0) is 9.53 Å². The summed E-state index contributed by atoms with van der Waals surface area (Å²) in [5.41, 5.74) is 0.622. The van der Waals surface area contributed by atoms with Gasteiger partial charge in [0.05, 0.1) is 6.61 Å². The summed E-state index contributed by atoms with van der Waals surface area (Å²) in [6, 6.07) is 0. The van der Waals surface area contributed by atoms with Crippen LogP contribution < -0.4 is 0 Å².